The molecule has 1 heterocycles. The number of halogens is 3. The number of aromatic nitrogens is 2. The number of amides is 1. The molecule has 0 spiro atoms. The molecule has 3 aromatic rings. The van der Waals surface area contributed by atoms with Crippen LogP contribution in [-0.2, 0) is 4.79 Å². The number of hydrogen-bond acceptors (Lipinski definition) is 5. The molecule has 0 unspecified atom stereocenters. The lowest BCUT2D eigenvalue weighted by Gasteiger charge is -2.36. The van der Waals surface area contributed by atoms with Gasteiger partial charge in [-0.1, -0.05) is 38.8 Å². The van der Waals surface area contributed by atoms with Crippen LogP contribution in [0.15, 0.2) is 48.7 Å². The number of rotatable bonds is 6. The number of nitrogens with zero attached hydrogens (tertiary/aromatic N) is 2. The maximum Gasteiger partial charge on any atom is 0.490 e. The lowest BCUT2D eigenvalue weighted by Crippen LogP contribution is -2.35. The highest BCUT2D eigenvalue weighted by Crippen LogP contribution is 2.36. The van der Waals surface area contributed by atoms with Gasteiger partial charge in [-0.3, -0.25) is 4.79 Å². The summed E-state index contributed by atoms with van der Waals surface area (Å²) in [5, 5.41) is 25.9. The number of fused-ring (bicyclic) bond motifs is 1. The predicted molar refractivity (Wildman–Crippen MR) is 131 cm³/mol. The summed E-state index contributed by atoms with van der Waals surface area (Å²) in [5.41, 5.74) is 8.42. The third-order valence-electron chi connectivity index (χ3n) is 6.09. The number of carboxylic acids is 1. The van der Waals surface area contributed by atoms with Gasteiger partial charge >= 0.3 is 12.1 Å². The zero-order valence-corrected chi connectivity index (χ0v) is 18.9. The maximum absolute atomic E-state index is 11.6. The average Bonchev–Trinajstić information content (AvgIpc) is 3.28. The highest BCUT2D eigenvalue weighted by Gasteiger charge is 2.38. The summed E-state index contributed by atoms with van der Waals surface area (Å²) >= 11 is 0. The van der Waals surface area contributed by atoms with E-state index >= 15 is 0 Å². The minimum atomic E-state index is -5.08. The first-order valence-corrected chi connectivity index (χ1v) is 11.1. The first kappa shape index (κ1) is 28.6. The second-order valence-corrected chi connectivity index (χ2v) is 8.60. The van der Waals surface area contributed by atoms with Crippen LogP contribution in [0.5, 0.6) is 0 Å². The van der Waals surface area contributed by atoms with Crippen LogP contribution in [0, 0.1) is 5.41 Å². The van der Waals surface area contributed by atoms with E-state index in [0.29, 0.717) is 11.1 Å². The third-order valence-corrected chi connectivity index (χ3v) is 6.09. The molecule has 0 bridgehead atoms. The van der Waals surface area contributed by atoms with E-state index in [9.17, 15) is 23.1 Å². The molecular weight excluding hydrogens is 477 g/mol. The molecule has 1 fully saturated rings. The lowest BCUT2D eigenvalue weighted by molar-refractivity contribution is -0.192. The normalized spacial score (nSPS) is 14.8. The smallest absolute Gasteiger partial charge is 0.475 e. The summed E-state index contributed by atoms with van der Waals surface area (Å²) < 4.78 is 33.5. The van der Waals surface area contributed by atoms with Crippen LogP contribution in [0.1, 0.15) is 49.9 Å². The fraction of sp³-hybridized carbons (Fsp3) is 0.400. The molecule has 36 heavy (non-hydrogen) atoms. The van der Waals surface area contributed by atoms with Gasteiger partial charge in [0.2, 0.25) is 0 Å². The van der Waals surface area contributed by atoms with E-state index in [1.165, 1.54) is 19.3 Å². The van der Waals surface area contributed by atoms with Gasteiger partial charge in [0.15, 0.2) is 0 Å². The minimum absolute atomic E-state index is 0. The van der Waals surface area contributed by atoms with Crippen LogP contribution in [0.25, 0.3) is 16.6 Å². The number of benzene rings is 2. The van der Waals surface area contributed by atoms with Gasteiger partial charge in [0.1, 0.15) is 5.52 Å². The Labute approximate surface area is 206 Å². The summed E-state index contributed by atoms with van der Waals surface area (Å²) in [5.74, 6) is -3.23. The first-order chi connectivity index (χ1) is 16.5. The quantitative estimate of drug-likeness (QED) is 0.380. The van der Waals surface area contributed by atoms with Gasteiger partial charge in [-0.15, -0.1) is 0 Å². The number of primary amides is 1. The van der Waals surface area contributed by atoms with Crippen LogP contribution < -0.4 is 11.1 Å². The molecular formula is C25H31F3N4O4. The number of carbonyl (C=O) groups is 2. The lowest BCUT2D eigenvalue weighted by atomic mass is 9.74. The van der Waals surface area contributed by atoms with Gasteiger partial charge in [-0.25, -0.2) is 9.48 Å². The van der Waals surface area contributed by atoms with Gasteiger partial charge in [-0.05, 0) is 43.2 Å². The maximum atomic E-state index is 11.6. The van der Waals surface area contributed by atoms with E-state index in [0.717, 1.165) is 36.1 Å². The first-order valence-electron chi connectivity index (χ1n) is 11.1. The predicted octanol–water partition coefficient (Wildman–Crippen LogP) is 4.75. The van der Waals surface area contributed by atoms with Crippen molar-refractivity contribution in [2.45, 2.75) is 45.7 Å². The Morgan fingerprint density at radius 3 is 2.22 bits per heavy atom. The SMILES string of the molecule is C.NC(=O)c1cccc2cn(-c3ccc(NCC4(CO)CCCCC4)cc3)nc12.O=C(O)C(F)(F)F. The number of nitrogens with two attached hydrogens (primary N) is 1. The number of carboxylic acid groups (broad SMARTS) is 1. The van der Waals surface area contributed by atoms with E-state index in [2.05, 4.69) is 10.4 Å². The Balaban J connectivity index is 0.000000503. The number of anilines is 1. The topological polar surface area (TPSA) is 130 Å². The van der Waals surface area contributed by atoms with Crippen LogP contribution in [0.4, 0.5) is 18.9 Å². The number of alkyl halides is 3. The monoisotopic (exact) mass is 508 g/mol. The Morgan fingerprint density at radius 2 is 1.69 bits per heavy atom. The van der Waals surface area contributed by atoms with Crippen molar-refractivity contribution < 1.29 is 33.0 Å². The van der Waals surface area contributed by atoms with Gasteiger partial charge in [-0.2, -0.15) is 18.3 Å². The van der Waals surface area contributed by atoms with Crippen molar-refractivity contribution in [3.63, 3.8) is 0 Å². The Bertz CT molecular complexity index is 1170. The molecule has 5 N–H and O–H groups in total. The van der Waals surface area contributed by atoms with Crippen molar-refractivity contribution in [1.82, 2.24) is 9.78 Å². The fourth-order valence-electron chi connectivity index (χ4n) is 4.09. The summed E-state index contributed by atoms with van der Waals surface area (Å²) in [7, 11) is 0. The summed E-state index contributed by atoms with van der Waals surface area (Å²) in [6, 6.07) is 13.4. The van der Waals surface area contributed by atoms with E-state index in [1.54, 1.807) is 10.7 Å². The molecule has 1 saturated carbocycles. The van der Waals surface area contributed by atoms with Gasteiger partial charge in [0.25, 0.3) is 5.91 Å². The standard InChI is InChI=1S/C22H26N4O2.C2HF3O2.CH4/c23-21(28)19-6-4-5-16-13-26(25-20(16)19)18-9-7-17(8-10-18)24-14-22(15-27)11-2-1-3-12-22;3-2(4,5)1(6)7;/h4-10,13,24,27H,1-3,11-12,14-15H2,(H2,23,28);(H,6,7);1H4. The van der Waals surface area contributed by atoms with Crippen LogP contribution in [0.3, 0.4) is 0 Å². The molecule has 1 aliphatic carbocycles. The van der Waals surface area contributed by atoms with E-state index < -0.39 is 18.1 Å². The largest absolute Gasteiger partial charge is 0.490 e. The van der Waals surface area contributed by atoms with Gasteiger partial charge < -0.3 is 21.3 Å². The molecule has 8 nitrogen and oxygen atoms in total. The van der Waals surface area contributed by atoms with Crippen molar-refractivity contribution in [2.24, 2.45) is 11.1 Å². The molecule has 1 aliphatic rings. The summed E-state index contributed by atoms with van der Waals surface area (Å²) in [6.45, 7) is 1.02. The molecule has 0 saturated heterocycles. The van der Waals surface area contributed by atoms with E-state index in [-0.39, 0.29) is 19.4 Å². The molecule has 0 atom stereocenters. The van der Waals surface area contributed by atoms with Crippen molar-refractivity contribution in [3.05, 3.63) is 54.2 Å². The van der Waals surface area contributed by atoms with Crippen molar-refractivity contribution in [3.8, 4) is 5.69 Å². The molecule has 196 valence electrons. The Morgan fingerprint density at radius 1 is 1.08 bits per heavy atom. The number of aliphatic hydroxyl groups excluding tert-OH is 1. The highest BCUT2D eigenvalue weighted by molar-refractivity contribution is 6.04. The van der Waals surface area contributed by atoms with E-state index in [1.807, 2.05) is 42.6 Å². The fourth-order valence-corrected chi connectivity index (χ4v) is 4.09. The molecule has 4 rings (SSSR count). The molecule has 11 heteroatoms. The number of carbonyl (C=O) groups excluding carboxylic acids is 1. The van der Waals surface area contributed by atoms with Crippen LogP contribution in [0.2, 0.25) is 0 Å². The third kappa shape index (κ3) is 6.97. The van der Waals surface area contributed by atoms with Gasteiger partial charge in [0.05, 0.1) is 17.9 Å². The molecule has 2 aromatic carbocycles. The van der Waals surface area contributed by atoms with Crippen molar-refractivity contribution in [2.75, 3.05) is 18.5 Å². The van der Waals surface area contributed by atoms with Crippen LogP contribution >= 0.6 is 0 Å². The van der Waals surface area contributed by atoms with Crippen molar-refractivity contribution in [1.29, 1.82) is 0 Å². The second-order valence-electron chi connectivity index (χ2n) is 8.60. The Hall–Kier alpha value is -3.60. The highest BCUT2D eigenvalue weighted by atomic mass is 19.4. The molecule has 1 aromatic heterocycles. The zero-order chi connectivity index (χ0) is 25.6. The summed E-state index contributed by atoms with van der Waals surface area (Å²) in [6.07, 6.45) is 2.63. The number of nitrogens with one attached hydrogen (secondary N) is 1. The summed E-state index contributed by atoms with van der Waals surface area (Å²) in [4.78, 5) is 20.5. The number of hydrogen-bond donors (Lipinski definition) is 4. The average molecular weight is 509 g/mol. The number of aliphatic carboxylic acids is 1. The zero-order valence-electron chi connectivity index (χ0n) is 18.9. The molecule has 0 aliphatic heterocycles. The van der Waals surface area contributed by atoms with Gasteiger partial charge in [0, 0.05) is 29.2 Å². The Kier molecular flexibility index (Phi) is 9.46. The second kappa shape index (κ2) is 11.9. The number of aliphatic hydroxyl groups is 1. The van der Waals surface area contributed by atoms with Crippen molar-refractivity contribution >= 4 is 28.5 Å². The minimum Gasteiger partial charge on any atom is -0.475 e. The molecule has 1 amide bonds. The van der Waals surface area contributed by atoms with Crippen LogP contribution in [-0.4, -0.2) is 51.2 Å². The van der Waals surface area contributed by atoms with E-state index in [4.69, 9.17) is 15.6 Å². The molecule has 0 radical (unpaired) electrons.